The molecule has 0 amide bonds. The summed E-state index contributed by atoms with van der Waals surface area (Å²) in [5, 5.41) is 16.2. The van der Waals surface area contributed by atoms with Crippen LogP contribution in [0.3, 0.4) is 0 Å². The first-order chi connectivity index (χ1) is 14.6. The highest BCUT2D eigenvalue weighted by molar-refractivity contribution is 5.70. The summed E-state index contributed by atoms with van der Waals surface area (Å²) in [6, 6.07) is 10.0. The number of hydrogen-bond acceptors (Lipinski definition) is 6. The van der Waals surface area contributed by atoms with E-state index >= 15 is 0 Å². The van der Waals surface area contributed by atoms with Crippen molar-refractivity contribution in [2.45, 2.75) is 39.2 Å². The van der Waals surface area contributed by atoms with Crippen molar-refractivity contribution in [1.29, 1.82) is 0 Å². The van der Waals surface area contributed by atoms with Crippen LogP contribution < -0.4 is 5.32 Å². The summed E-state index contributed by atoms with van der Waals surface area (Å²) in [6.07, 6.45) is 8.63. The minimum absolute atomic E-state index is 0.115. The number of hydrogen-bond donors (Lipinski definition) is 1. The molecule has 156 valence electrons. The average molecular weight is 406 g/mol. The SMILES string of the molecule is CCCCOC(C)Cc1nnc2cc(-c3ccnc(Nc4ccnn4C)c3)ccn12. The van der Waals surface area contributed by atoms with Crippen LogP contribution in [0.4, 0.5) is 11.6 Å². The Morgan fingerprint density at radius 2 is 1.97 bits per heavy atom. The number of unbranched alkanes of at least 4 members (excludes halogenated alkanes) is 1. The zero-order valence-electron chi connectivity index (χ0n) is 17.6. The smallest absolute Gasteiger partial charge is 0.161 e. The maximum absolute atomic E-state index is 5.86. The van der Waals surface area contributed by atoms with Crippen molar-refractivity contribution >= 4 is 17.3 Å². The van der Waals surface area contributed by atoms with Gasteiger partial charge in [-0.05, 0) is 48.7 Å². The van der Waals surface area contributed by atoms with Gasteiger partial charge in [-0.1, -0.05) is 13.3 Å². The van der Waals surface area contributed by atoms with Gasteiger partial charge in [0, 0.05) is 38.5 Å². The predicted molar refractivity (Wildman–Crippen MR) is 117 cm³/mol. The molecule has 0 aliphatic carbocycles. The second-order valence-electron chi connectivity index (χ2n) is 7.39. The quantitative estimate of drug-likeness (QED) is 0.424. The van der Waals surface area contributed by atoms with Gasteiger partial charge in [-0.2, -0.15) is 5.10 Å². The Kier molecular flexibility index (Phi) is 6.04. The molecule has 0 saturated carbocycles. The van der Waals surface area contributed by atoms with Crippen LogP contribution in [0.25, 0.3) is 16.8 Å². The molecule has 4 aromatic rings. The molecule has 4 rings (SSSR count). The van der Waals surface area contributed by atoms with Crippen LogP contribution in [0.2, 0.25) is 0 Å². The lowest BCUT2D eigenvalue weighted by atomic mass is 10.1. The van der Waals surface area contributed by atoms with Crippen LogP contribution in [0.5, 0.6) is 0 Å². The maximum Gasteiger partial charge on any atom is 0.161 e. The van der Waals surface area contributed by atoms with Gasteiger partial charge in [0.15, 0.2) is 5.65 Å². The molecule has 0 fully saturated rings. The summed E-state index contributed by atoms with van der Waals surface area (Å²) in [5.41, 5.74) is 2.93. The molecular formula is C22H27N7O. The largest absolute Gasteiger partial charge is 0.378 e. The lowest BCUT2D eigenvalue weighted by molar-refractivity contribution is 0.0629. The number of ether oxygens (including phenoxy) is 1. The minimum atomic E-state index is 0.115. The molecular weight excluding hydrogens is 378 g/mol. The predicted octanol–water partition coefficient (Wildman–Crippen LogP) is 4.02. The Bertz CT molecular complexity index is 1120. The Hall–Kier alpha value is -3.26. The van der Waals surface area contributed by atoms with E-state index in [1.165, 1.54) is 0 Å². The topological polar surface area (TPSA) is 82.2 Å². The van der Waals surface area contributed by atoms with Crippen LogP contribution in [0, 0.1) is 0 Å². The van der Waals surface area contributed by atoms with Crippen molar-refractivity contribution in [2.24, 2.45) is 7.05 Å². The first kappa shape index (κ1) is 20.0. The summed E-state index contributed by atoms with van der Waals surface area (Å²) in [6.45, 7) is 5.03. The number of aromatic nitrogens is 6. The van der Waals surface area contributed by atoms with E-state index < -0.39 is 0 Å². The van der Waals surface area contributed by atoms with Gasteiger partial charge in [0.1, 0.15) is 17.5 Å². The lowest BCUT2D eigenvalue weighted by Gasteiger charge is -2.12. The standard InChI is InChI=1S/C22H27N7O/c1-4-5-12-30-16(2)13-21-26-27-22-15-18(8-11-29(21)22)17-6-9-23-19(14-17)25-20-7-10-24-28(20)3/h6-11,14-16H,4-5,12-13H2,1-3H3,(H,23,25). The van der Waals surface area contributed by atoms with E-state index in [1.807, 2.05) is 41.9 Å². The minimum Gasteiger partial charge on any atom is -0.378 e. The lowest BCUT2D eigenvalue weighted by Crippen LogP contribution is -2.14. The van der Waals surface area contributed by atoms with Crippen LogP contribution >= 0.6 is 0 Å². The molecule has 4 aromatic heterocycles. The molecule has 1 atom stereocenters. The normalized spacial score (nSPS) is 12.4. The molecule has 0 aliphatic heterocycles. The monoisotopic (exact) mass is 405 g/mol. The third kappa shape index (κ3) is 4.49. The maximum atomic E-state index is 5.86. The number of fused-ring (bicyclic) bond motifs is 1. The molecule has 1 unspecified atom stereocenters. The third-order valence-electron chi connectivity index (χ3n) is 5.02. The van der Waals surface area contributed by atoms with Crippen LogP contribution in [0.1, 0.15) is 32.5 Å². The van der Waals surface area contributed by atoms with Gasteiger partial charge in [-0.3, -0.25) is 9.08 Å². The number of nitrogens with one attached hydrogen (secondary N) is 1. The first-order valence-electron chi connectivity index (χ1n) is 10.3. The fourth-order valence-electron chi connectivity index (χ4n) is 3.31. The average Bonchev–Trinajstić information content (AvgIpc) is 3.34. The van der Waals surface area contributed by atoms with Crippen molar-refractivity contribution in [3.8, 4) is 11.1 Å². The van der Waals surface area contributed by atoms with Crippen molar-refractivity contribution in [2.75, 3.05) is 11.9 Å². The second-order valence-corrected chi connectivity index (χ2v) is 7.39. The highest BCUT2D eigenvalue weighted by Gasteiger charge is 2.12. The molecule has 1 N–H and O–H groups in total. The summed E-state index contributed by atoms with van der Waals surface area (Å²) in [5.74, 6) is 2.55. The molecule has 8 nitrogen and oxygen atoms in total. The molecule has 0 bridgehead atoms. The van der Waals surface area contributed by atoms with E-state index in [0.29, 0.717) is 0 Å². The van der Waals surface area contributed by atoms with Gasteiger partial charge in [-0.15, -0.1) is 10.2 Å². The third-order valence-corrected chi connectivity index (χ3v) is 5.02. The highest BCUT2D eigenvalue weighted by Crippen LogP contribution is 2.24. The van der Waals surface area contributed by atoms with Crippen LogP contribution in [-0.2, 0) is 18.2 Å². The second kappa shape index (κ2) is 9.04. The number of aryl methyl sites for hydroxylation is 1. The molecule has 8 heteroatoms. The van der Waals surface area contributed by atoms with E-state index in [4.69, 9.17) is 4.74 Å². The van der Waals surface area contributed by atoms with Gasteiger partial charge in [0.25, 0.3) is 0 Å². The Morgan fingerprint density at radius 1 is 1.10 bits per heavy atom. The molecule has 0 radical (unpaired) electrons. The van der Waals surface area contributed by atoms with E-state index in [9.17, 15) is 0 Å². The molecule has 4 heterocycles. The fraction of sp³-hybridized carbons (Fsp3) is 0.364. The van der Waals surface area contributed by atoms with Gasteiger partial charge in [0.05, 0.1) is 12.3 Å². The molecule has 0 spiro atoms. The molecule has 0 aromatic carbocycles. The number of anilines is 2. The van der Waals surface area contributed by atoms with Crippen molar-refractivity contribution < 1.29 is 4.74 Å². The first-order valence-corrected chi connectivity index (χ1v) is 10.3. The Balaban J connectivity index is 1.52. The summed E-state index contributed by atoms with van der Waals surface area (Å²) in [4.78, 5) is 4.41. The van der Waals surface area contributed by atoms with E-state index in [0.717, 1.165) is 60.1 Å². The van der Waals surface area contributed by atoms with Crippen molar-refractivity contribution in [3.05, 3.63) is 54.7 Å². The summed E-state index contributed by atoms with van der Waals surface area (Å²) < 4.78 is 9.66. The number of pyridine rings is 2. The Labute approximate surface area is 175 Å². The summed E-state index contributed by atoms with van der Waals surface area (Å²) in [7, 11) is 1.89. The van der Waals surface area contributed by atoms with Crippen molar-refractivity contribution in [1.82, 2.24) is 29.4 Å². The van der Waals surface area contributed by atoms with Crippen LogP contribution in [0.15, 0.2) is 48.9 Å². The van der Waals surface area contributed by atoms with E-state index in [-0.39, 0.29) is 6.10 Å². The number of rotatable bonds is 9. The molecule has 30 heavy (non-hydrogen) atoms. The fourth-order valence-corrected chi connectivity index (χ4v) is 3.31. The molecule has 0 saturated heterocycles. The molecule has 0 aliphatic rings. The summed E-state index contributed by atoms with van der Waals surface area (Å²) >= 11 is 0. The number of nitrogens with zero attached hydrogens (tertiary/aromatic N) is 6. The zero-order chi connectivity index (χ0) is 20.9. The van der Waals surface area contributed by atoms with E-state index in [1.54, 1.807) is 17.1 Å². The van der Waals surface area contributed by atoms with Gasteiger partial charge in [0.2, 0.25) is 0 Å². The Morgan fingerprint density at radius 3 is 2.77 bits per heavy atom. The van der Waals surface area contributed by atoms with Gasteiger partial charge >= 0.3 is 0 Å². The van der Waals surface area contributed by atoms with E-state index in [2.05, 4.69) is 45.5 Å². The highest BCUT2D eigenvalue weighted by atomic mass is 16.5. The van der Waals surface area contributed by atoms with Gasteiger partial charge in [-0.25, -0.2) is 4.98 Å². The van der Waals surface area contributed by atoms with Crippen molar-refractivity contribution in [3.63, 3.8) is 0 Å². The van der Waals surface area contributed by atoms with Gasteiger partial charge < -0.3 is 10.1 Å². The van der Waals surface area contributed by atoms with Crippen LogP contribution in [-0.4, -0.2) is 42.1 Å². The zero-order valence-corrected chi connectivity index (χ0v) is 17.6.